The molecule has 53 heavy (non-hydrogen) atoms. The van der Waals surface area contributed by atoms with Gasteiger partial charge in [-0.05, 0) is 83.6 Å². The molecule has 15 heteroatoms. The monoisotopic (exact) mass is 749 g/mol. The fourth-order valence-corrected chi connectivity index (χ4v) is 7.31. The summed E-state index contributed by atoms with van der Waals surface area (Å²) in [6.45, 7) is 14.2. The molecule has 286 valence electrons. The standard InChI is InChI=1S/C38H51N7O7S/c1-9-44-29-15-14-25(41-32(29)24(19-38(6,7)21-46)33(44)23-12-10-16-39-31(23)22(2)51-8)28-20-53-30(40-28)18-27(42-36(50)52-37(3,4)5)34(47)45-17-11-13-26(43-45)35(48)49/h10,12,14-16,20,22,26-27,43,46H,9,11,13,17-19,21H2,1-8H3,(H,42,50)(H,48,49)/t22?,26-,27?/m0/s1. The van der Waals surface area contributed by atoms with Crippen LogP contribution in [0, 0.1) is 5.41 Å². The minimum atomic E-state index is -1.07. The van der Waals surface area contributed by atoms with Crippen molar-refractivity contribution in [2.75, 3.05) is 20.3 Å². The number of aryl methyl sites for hydroxylation is 1. The number of aliphatic carboxylic acids is 1. The lowest BCUT2D eigenvalue weighted by Crippen LogP contribution is -2.60. The molecule has 0 aromatic carbocycles. The van der Waals surface area contributed by atoms with Crippen LogP contribution >= 0.6 is 11.3 Å². The van der Waals surface area contributed by atoms with E-state index in [1.807, 2.05) is 50.4 Å². The number of amides is 2. The molecule has 14 nitrogen and oxygen atoms in total. The Hall–Kier alpha value is -4.44. The number of carbonyl (C=O) groups is 3. The fraction of sp³-hybridized carbons (Fsp3) is 0.526. The molecule has 1 aliphatic rings. The van der Waals surface area contributed by atoms with Crippen LogP contribution in [0.15, 0.2) is 35.8 Å². The number of carboxylic acids is 1. The number of rotatable bonds is 13. The third-order valence-corrected chi connectivity index (χ3v) is 10.0. The van der Waals surface area contributed by atoms with Crippen LogP contribution in [-0.4, -0.2) is 90.7 Å². The van der Waals surface area contributed by atoms with Gasteiger partial charge in [0.15, 0.2) is 0 Å². The summed E-state index contributed by atoms with van der Waals surface area (Å²) in [5.74, 6) is -1.54. The zero-order valence-corrected chi connectivity index (χ0v) is 32.5. The van der Waals surface area contributed by atoms with Gasteiger partial charge in [-0.3, -0.25) is 19.6 Å². The van der Waals surface area contributed by atoms with Crippen LogP contribution in [0.2, 0.25) is 0 Å². The molecule has 0 bridgehead atoms. The smallest absolute Gasteiger partial charge is 0.408 e. The Morgan fingerprint density at radius 3 is 2.55 bits per heavy atom. The predicted octanol–water partition coefficient (Wildman–Crippen LogP) is 5.53. The van der Waals surface area contributed by atoms with Crippen molar-refractivity contribution in [2.45, 2.75) is 104 Å². The first kappa shape index (κ1) is 39.8. The Labute approximate surface area is 313 Å². The molecule has 4 aromatic rings. The highest BCUT2D eigenvalue weighted by Gasteiger charge is 2.34. The highest BCUT2D eigenvalue weighted by molar-refractivity contribution is 7.10. The quantitative estimate of drug-likeness (QED) is 0.135. The summed E-state index contributed by atoms with van der Waals surface area (Å²) in [7, 11) is 1.66. The van der Waals surface area contributed by atoms with Gasteiger partial charge in [0.25, 0.3) is 5.91 Å². The average Bonchev–Trinajstić information content (AvgIpc) is 3.71. The van der Waals surface area contributed by atoms with E-state index >= 15 is 0 Å². The Morgan fingerprint density at radius 2 is 1.89 bits per heavy atom. The summed E-state index contributed by atoms with van der Waals surface area (Å²) in [6, 6.07) is 5.93. The van der Waals surface area contributed by atoms with Gasteiger partial charge >= 0.3 is 12.1 Å². The van der Waals surface area contributed by atoms with E-state index < -0.39 is 41.1 Å². The maximum absolute atomic E-state index is 13.8. The van der Waals surface area contributed by atoms with Crippen molar-refractivity contribution in [2.24, 2.45) is 5.41 Å². The number of thiazole rings is 1. The van der Waals surface area contributed by atoms with Crippen molar-refractivity contribution < 1.29 is 34.1 Å². The molecule has 1 fully saturated rings. The number of carbonyl (C=O) groups excluding carboxylic acids is 2. The molecular formula is C38H51N7O7S. The number of aliphatic hydroxyl groups excluding tert-OH is 1. The summed E-state index contributed by atoms with van der Waals surface area (Å²) in [6.07, 6.45) is 2.22. The second kappa shape index (κ2) is 16.3. The van der Waals surface area contributed by atoms with Gasteiger partial charge in [-0.2, -0.15) is 0 Å². The Morgan fingerprint density at radius 1 is 1.13 bits per heavy atom. The molecule has 0 aliphatic carbocycles. The maximum atomic E-state index is 13.8. The fourth-order valence-electron chi connectivity index (χ4n) is 6.48. The lowest BCUT2D eigenvalue weighted by atomic mass is 9.85. The predicted molar refractivity (Wildman–Crippen MR) is 202 cm³/mol. The van der Waals surface area contributed by atoms with E-state index in [1.165, 1.54) is 16.3 Å². The summed E-state index contributed by atoms with van der Waals surface area (Å²) < 4.78 is 13.4. The van der Waals surface area contributed by atoms with E-state index in [2.05, 4.69) is 22.2 Å². The van der Waals surface area contributed by atoms with E-state index in [9.17, 15) is 24.6 Å². The molecule has 0 radical (unpaired) electrons. The van der Waals surface area contributed by atoms with Crippen LogP contribution < -0.4 is 10.7 Å². The van der Waals surface area contributed by atoms with Crippen molar-refractivity contribution >= 4 is 40.3 Å². The topological polar surface area (TPSA) is 181 Å². The van der Waals surface area contributed by atoms with Gasteiger partial charge in [0.2, 0.25) is 0 Å². The highest BCUT2D eigenvalue weighted by Crippen LogP contribution is 2.40. The number of hydrogen-bond acceptors (Lipinski definition) is 11. The van der Waals surface area contributed by atoms with Crippen LogP contribution in [0.3, 0.4) is 0 Å². The normalized spacial score (nSPS) is 16.4. The molecular weight excluding hydrogens is 699 g/mol. The minimum Gasteiger partial charge on any atom is -0.480 e. The van der Waals surface area contributed by atoms with Crippen molar-refractivity contribution in [3.8, 4) is 22.6 Å². The summed E-state index contributed by atoms with van der Waals surface area (Å²) in [5.41, 5.74) is 8.21. The van der Waals surface area contributed by atoms with Crippen molar-refractivity contribution in [3.05, 3.63) is 52.1 Å². The second-order valence-corrected chi connectivity index (χ2v) is 16.1. The molecule has 4 aromatic heterocycles. The highest BCUT2D eigenvalue weighted by atomic mass is 32.1. The van der Waals surface area contributed by atoms with Crippen LogP contribution in [0.1, 0.15) is 83.7 Å². The molecule has 4 N–H and O–H groups in total. The third-order valence-electron chi connectivity index (χ3n) is 9.17. The number of hydrazine groups is 1. The number of ether oxygens (including phenoxy) is 2. The van der Waals surface area contributed by atoms with Crippen molar-refractivity contribution in [1.29, 1.82) is 0 Å². The van der Waals surface area contributed by atoms with Gasteiger partial charge in [0.05, 0.1) is 44.9 Å². The summed E-state index contributed by atoms with van der Waals surface area (Å²) in [4.78, 5) is 53.1. The van der Waals surface area contributed by atoms with Gasteiger partial charge in [0.1, 0.15) is 17.7 Å². The third kappa shape index (κ3) is 9.21. The van der Waals surface area contributed by atoms with Crippen LogP contribution in [0.4, 0.5) is 4.79 Å². The van der Waals surface area contributed by atoms with Crippen molar-refractivity contribution in [3.63, 3.8) is 0 Å². The number of nitrogens with one attached hydrogen (secondary N) is 2. The number of aliphatic hydroxyl groups is 1. The van der Waals surface area contributed by atoms with Crippen LogP contribution in [-0.2, 0) is 38.4 Å². The second-order valence-electron chi connectivity index (χ2n) is 15.1. The first-order valence-electron chi connectivity index (χ1n) is 17.9. The molecule has 0 saturated carbocycles. The number of aromatic nitrogens is 4. The summed E-state index contributed by atoms with van der Waals surface area (Å²) in [5, 5.41) is 26.3. The molecule has 1 saturated heterocycles. The van der Waals surface area contributed by atoms with E-state index in [4.69, 9.17) is 24.4 Å². The molecule has 2 amide bonds. The first-order chi connectivity index (χ1) is 25.1. The van der Waals surface area contributed by atoms with E-state index in [-0.39, 0.29) is 19.1 Å². The Balaban J connectivity index is 1.54. The number of nitrogens with zero attached hydrogens (tertiary/aromatic N) is 5. The number of pyridine rings is 2. The van der Waals surface area contributed by atoms with Crippen LogP contribution in [0.25, 0.3) is 33.7 Å². The number of carboxylic acid groups (broad SMARTS) is 1. The molecule has 3 atom stereocenters. The number of alkyl carbamates (subject to hydrolysis) is 1. The molecule has 0 spiro atoms. The van der Waals surface area contributed by atoms with Gasteiger partial charge in [0, 0.05) is 55.9 Å². The molecule has 5 rings (SSSR count). The van der Waals surface area contributed by atoms with Gasteiger partial charge in [-0.15, -0.1) is 11.3 Å². The van der Waals surface area contributed by atoms with Crippen molar-refractivity contribution in [1.82, 2.24) is 35.3 Å². The first-order valence-corrected chi connectivity index (χ1v) is 18.8. The van der Waals surface area contributed by atoms with Gasteiger partial charge < -0.3 is 29.6 Å². The number of methoxy groups -OCH3 is 1. The van der Waals surface area contributed by atoms with E-state index in [0.717, 1.165) is 33.5 Å². The molecule has 2 unspecified atom stereocenters. The zero-order valence-electron chi connectivity index (χ0n) is 31.7. The van der Waals surface area contributed by atoms with Gasteiger partial charge in [-0.25, -0.2) is 20.2 Å². The number of hydrogen-bond donors (Lipinski definition) is 4. The molecule has 5 heterocycles. The Kier molecular flexibility index (Phi) is 12.2. The molecule has 1 aliphatic heterocycles. The largest absolute Gasteiger partial charge is 0.480 e. The minimum absolute atomic E-state index is 0.0180. The van der Waals surface area contributed by atoms with E-state index in [0.29, 0.717) is 48.7 Å². The summed E-state index contributed by atoms with van der Waals surface area (Å²) >= 11 is 1.33. The number of fused-ring (bicyclic) bond motifs is 1. The lowest BCUT2D eigenvalue weighted by Gasteiger charge is -2.34. The SMILES string of the molecule is CCn1c(-c2cccnc2C(C)OC)c(CC(C)(C)CO)c2nc(-c3csc(CC(NC(=O)OC(C)(C)C)C(=O)N4CCC[C@@H](C(=O)O)N4)n3)ccc21. The lowest BCUT2D eigenvalue weighted by molar-refractivity contribution is -0.147. The van der Waals surface area contributed by atoms with Gasteiger partial charge in [-0.1, -0.05) is 13.8 Å². The maximum Gasteiger partial charge on any atom is 0.408 e. The average molecular weight is 750 g/mol. The zero-order chi connectivity index (χ0) is 38.7. The van der Waals surface area contributed by atoms with Crippen LogP contribution in [0.5, 0.6) is 0 Å². The van der Waals surface area contributed by atoms with E-state index in [1.54, 1.807) is 34.1 Å². The Bertz CT molecular complexity index is 1950.